The Balaban J connectivity index is 2.40. The summed E-state index contributed by atoms with van der Waals surface area (Å²) < 4.78 is 21.7. The number of benzene rings is 2. The van der Waals surface area contributed by atoms with Crippen LogP contribution in [0.4, 0.5) is 0 Å². The van der Waals surface area contributed by atoms with Crippen molar-refractivity contribution in [1.82, 2.24) is 0 Å². The molecule has 6 nitrogen and oxygen atoms in total. The number of hydrogen-bond acceptors (Lipinski definition) is 6. The van der Waals surface area contributed by atoms with E-state index in [4.69, 9.17) is 21.1 Å². The molecule has 0 atom stereocenters. The second-order valence-corrected chi connectivity index (χ2v) is 7.25. The Hall–Kier alpha value is -2.26. The van der Waals surface area contributed by atoms with Crippen molar-refractivity contribution < 1.29 is 28.5 Å². The second kappa shape index (κ2) is 11.1. The molecule has 0 radical (unpaired) electrons. The summed E-state index contributed by atoms with van der Waals surface area (Å²) in [5.74, 6) is -0.554. The molecule has 2 rings (SSSR count). The summed E-state index contributed by atoms with van der Waals surface area (Å²) in [6, 6.07) is 10.8. The molecule has 0 aliphatic carbocycles. The number of hydrogen-bond donors (Lipinski definition) is 0. The van der Waals surface area contributed by atoms with Crippen LogP contribution in [0.5, 0.6) is 11.5 Å². The van der Waals surface area contributed by atoms with Crippen LogP contribution in [0.15, 0.2) is 42.0 Å². The minimum absolute atomic E-state index is 0.224. The molecule has 2 aromatic carbocycles. The Labute approximate surface area is 187 Å². The van der Waals surface area contributed by atoms with Gasteiger partial charge in [-0.15, -0.1) is 0 Å². The van der Waals surface area contributed by atoms with Gasteiger partial charge in [0, 0.05) is 10.6 Å². The molecule has 0 saturated heterocycles. The van der Waals surface area contributed by atoms with Crippen molar-refractivity contribution in [2.45, 2.75) is 13.5 Å². The summed E-state index contributed by atoms with van der Waals surface area (Å²) >= 11 is 8.30. The number of halogens is 2. The van der Waals surface area contributed by atoms with Crippen LogP contribution in [0.2, 0.25) is 5.02 Å². The maximum Gasteiger partial charge on any atom is 0.345 e. The molecule has 2 aromatic rings. The van der Waals surface area contributed by atoms with Gasteiger partial charge in [-0.3, -0.25) is 0 Å². The Bertz CT molecular complexity index is 907. The van der Waals surface area contributed by atoms with E-state index >= 15 is 0 Å². The van der Waals surface area contributed by atoms with Crippen molar-refractivity contribution >= 4 is 52.2 Å². The van der Waals surface area contributed by atoms with Gasteiger partial charge >= 0.3 is 11.9 Å². The van der Waals surface area contributed by atoms with Gasteiger partial charge in [0.25, 0.3) is 0 Å². The van der Waals surface area contributed by atoms with Crippen molar-refractivity contribution in [3.8, 4) is 11.5 Å². The topological polar surface area (TPSA) is 71.1 Å². The van der Waals surface area contributed by atoms with E-state index in [1.165, 1.54) is 20.3 Å². The molecular formula is C21H20ClIO6. The molecule has 0 spiro atoms. The van der Waals surface area contributed by atoms with Gasteiger partial charge in [0.1, 0.15) is 12.2 Å². The van der Waals surface area contributed by atoms with Crippen LogP contribution in [-0.4, -0.2) is 32.8 Å². The van der Waals surface area contributed by atoms with Gasteiger partial charge < -0.3 is 18.9 Å². The average molecular weight is 531 g/mol. The van der Waals surface area contributed by atoms with E-state index in [-0.39, 0.29) is 12.2 Å². The average Bonchev–Trinajstić information content (AvgIpc) is 2.71. The normalized spacial score (nSPS) is 10.1. The highest BCUT2D eigenvalue weighted by atomic mass is 127. The van der Waals surface area contributed by atoms with Crippen LogP contribution in [0, 0.1) is 3.57 Å². The van der Waals surface area contributed by atoms with E-state index in [1.54, 1.807) is 18.2 Å². The van der Waals surface area contributed by atoms with E-state index in [9.17, 15) is 9.59 Å². The highest BCUT2D eigenvalue weighted by Gasteiger charge is 2.21. The summed E-state index contributed by atoms with van der Waals surface area (Å²) in [7, 11) is 2.39. The van der Waals surface area contributed by atoms with Crippen LogP contribution in [0.25, 0.3) is 6.08 Å². The number of carbonyl (C=O) groups excluding carboxylic acids is 2. The Morgan fingerprint density at radius 3 is 2.31 bits per heavy atom. The molecule has 0 aliphatic rings. The van der Waals surface area contributed by atoms with E-state index < -0.39 is 11.9 Å². The largest absolute Gasteiger partial charge is 0.490 e. The SMILES string of the molecule is CCOc1cc(C=C(C(=O)OC)C(=O)OC)cc(I)c1OCc1ccccc1Cl. The molecule has 0 unspecified atom stereocenters. The summed E-state index contributed by atoms with van der Waals surface area (Å²) in [6.07, 6.45) is 1.39. The molecule has 0 N–H and O–H groups in total. The van der Waals surface area contributed by atoms with Gasteiger partial charge in [0.05, 0.1) is 24.4 Å². The van der Waals surface area contributed by atoms with Gasteiger partial charge in [0.15, 0.2) is 11.5 Å². The molecule has 0 saturated carbocycles. The first-order valence-electron chi connectivity index (χ1n) is 8.62. The quantitative estimate of drug-likeness (QED) is 0.163. The van der Waals surface area contributed by atoms with Crippen LogP contribution in [0.1, 0.15) is 18.1 Å². The molecule has 29 heavy (non-hydrogen) atoms. The zero-order valence-corrected chi connectivity index (χ0v) is 19.1. The molecule has 0 aromatic heterocycles. The summed E-state index contributed by atoms with van der Waals surface area (Å²) in [5, 5.41) is 0.612. The van der Waals surface area contributed by atoms with Crippen LogP contribution >= 0.6 is 34.2 Å². The van der Waals surface area contributed by atoms with Crippen molar-refractivity contribution in [3.05, 3.63) is 61.7 Å². The predicted octanol–water partition coefficient (Wildman–Crippen LogP) is 4.65. The number of carbonyl (C=O) groups is 2. The fourth-order valence-electron chi connectivity index (χ4n) is 2.43. The van der Waals surface area contributed by atoms with Crippen LogP contribution in [0.3, 0.4) is 0 Å². The van der Waals surface area contributed by atoms with Gasteiger partial charge in [-0.2, -0.15) is 0 Å². The maximum absolute atomic E-state index is 11.9. The fourth-order valence-corrected chi connectivity index (χ4v) is 3.40. The number of rotatable bonds is 8. The Kier molecular flexibility index (Phi) is 8.78. The van der Waals surface area contributed by atoms with Gasteiger partial charge in [-0.05, 0) is 59.4 Å². The van der Waals surface area contributed by atoms with E-state index in [0.29, 0.717) is 28.7 Å². The maximum atomic E-state index is 11.9. The van der Waals surface area contributed by atoms with Gasteiger partial charge in [-0.25, -0.2) is 9.59 Å². The van der Waals surface area contributed by atoms with Gasteiger partial charge in [-0.1, -0.05) is 29.8 Å². The lowest BCUT2D eigenvalue weighted by Gasteiger charge is -2.15. The molecule has 8 heteroatoms. The standard InChI is InChI=1S/C21H20ClIO6/c1-4-28-18-11-13(9-15(20(24)26-2)21(25)27-3)10-17(23)19(18)29-12-14-7-5-6-8-16(14)22/h5-11H,4,12H2,1-3H3. The van der Waals surface area contributed by atoms with E-state index in [1.807, 2.05) is 25.1 Å². The number of esters is 2. The third kappa shape index (κ3) is 6.11. The monoisotopic (exact) mass is 530 g/mol. The lowest BCUT2D eigenvalue weighted by Crippen LogP contribution is -2.15. The zero-order chi connectivity index (χ0) is 21.4. The summed E-state index contributed by atoms with van der Waals surface area (Å²) in [5.41, 5.74) is 1.18. The zero-order valence-electron chi connectivity index (χ0n) is 16.2. The van der Waals surface area contributed by atoms with Crippen molar-refractivity contribution in [2.24, 2.45) is 0 Å². The molecule has 0 bridgehead atoms. The molecular weight excluding hydrogens is 511 g/mol. The molecule has 0 aliphatic heterocycles. The molecule has 0 fully saturated rings. The van der Waals surface area contributed by atoms with Gasteiger partial charge in [0.2, 0.25) is 0 Å². The number of methoxy groups -OCH3 is 2. The first kappa shape index (κ1) is 23.0. The smallest absolute Gasteiger partial charge is 0.345 e. The highest BCUT2D eigenvalue weighted by Crippen LogP contribution is 2.36. The second-order valence-electron chi connectivity index (χ2n) is 5.68. The van der Waals surface area contributed by atoms with Crippen LogP contribution < -0.4 is 9.47 Å². The minimum atomic E-state index is -0.788. The van der Waals surface area contributed by atoms with E-state index in [0.717, 1.165) is 9.13 Å². The lowest BCUT2D eigenvalue weighted by atomic mass is 10.1. The number of ether oxygens (including phenoxy) is 4. The summed E-state index contributed by atoms with van der Waals surface area (Å²) in [6.45, 7) is 2.52. The Morgan fingerprint density at radius 2 is 1.72 bits per heavy atom. The minimum Gasteiger partial charge on any atom is -0.490 e. The summed E-state index contributed by atoms with van der Waals surface area (Å²) in [4.78, 5) is 23.8. The molecule has 0 amide bonds. The molecule has 154 valence electrons. The van der Waals surface area contributed by atoms with Crippen molar-refractivity contribution in [1.29, 1.82) is 0 Å². The first-order chi connectivity index (χ1) is 13.9. The van der Waals surface area contributed by atoms with Crippen molar-refractivity contribution in [2.75, 3.05) is 20.8 Å². The first-order valence-corrected chi connectivity index (χ1v) is 10.1. The molecule has 0 heterocycles. The third-order valence-electron chi connectivity index (χ3n) is 3.78. The predicted molar refractivity (Wildman–Crippen MR) is 118 cm³/mol. The van der Waals surface area contributed by atoms with Crippen LogP contribution in [-0.2, 0) is 25.7 Å². The lowest BCUT2D eigenvalue weighted by molar-refractivity contribution is -0.143. The highest BCUT2D eigenvalue weighted by molar-refractivity contribution is 14.1. The fraction of sp³-hybridized carbons (Fsp3) is 0.238. The van der Waals surface area contributed by atoms with E-state index in [2.05, 4.69) is 32.1 Å². The third-order valence-corrected chi connectivity index (χ3v) is 4.95. The Morgan fingerprint density at radius 1 is 1.07 bits per heavy atom. The van der Waals surface area contributed by atoms with Crippen molar-refractivity contribution in [3.63, 3.8) is 0 Å².